The van der Waals surface area contributed by atoms with Crippen molar-refractivity contribution in [3.05, 3.63) is 53.5 Å². The minimum atomic E-state index is -1.21. The van der Waals surface area contributed by atoms with Crippen molar-refractivity contribution in [2.75, 3.05) is 33.3 Å². The van der Waals surface area contributed by atoms with Crippen LogP contribution in [0, 0.1) is 6.92 Å². The van der Waals surface area contributed by atoms with Crippen LogP contribution in [0.3, 0.4) is 0 Å². The van der Waals surface area contributed by atoms with Gasteiger partial charge in [-0.05, 0) is 57.2 Å². The van der Waals surface area contributed by atoms with Crippen molar-refractivity contribution in [1.82, 2.24) is 16.0 Å². The van der Waals surface area contributed by atoms with E-state index in [0.29, 0.717) is 42.7 Å². The molecule has 0 radical (unpaired) electrons. The first-order valence-electron chi connectivity index (χ1n) is 9.59. The molecule has 1 heterocycles. The number of aryl methyl sites for hydroxylation is 1. The average Bonchev–Trinajstić information content (AvgIpc) is 3.16. The third-order valence-electron chi connectivity index (χ3n) is 4.22. The van der Waals surface area contributed by atoms with Crippen LogP contribution >= 0.6 is 0 Å². The zero-order valence-electron chi connectivity index (χ0n) is 17.4. The maximum absolute atomic E-state index is 12.2. The number of methoxy groups -OCH3 is 1. The highest BCUT2D eigenvalue weighted by Crippen LogP contribution is 2.23. The SMILES string of the molecule is CCNC(=NCC(C)(O)c1ccc(C)o1)NCCNC(=O)c1ccc(OC)cc1. The van der Waals surface area contributed by atoms with Crippen molar-refractivity contribution in [3.63, 3.8) is 0 Å². The van der Waals surface area contributed by atoms with Crippen molar-refractivity contribution in [2.45, 2.75) is 26.4 Å². The van der Waals surface area contributed by atoms with Crippen LogP contribution in [0.15, 0.2) is 45.8 Å². The van der Waals surface area contributed by atoms with E-state index < -0.39 is 5.60 Å². The molecule has 29 heavy (non-hydrogen) atoms. The molecule has 0 aliphatic carbocycles. The molecule has 8 heteroatoms. The van der Waals surface area contributed by atoms with Crippen LogP contribution in [-0.2, 0) is 5.60 Å². The highest BCUT2D eigenvalue weighted by atomic mass is 16.5. The van der Waals surface area contributed by atoms with E-state index in [1.807, 2.05) is 19.9 Å². The Morgan fingerprint density at radius 1 is 1.14 bits per heavy atom. The van der Waals surface area contributed by atoms with Gasteiger partial charge in [0.05, 0.1) is 13.7 Å². The number of carbonyl (C=O) groups excluding carboxylic acids is 1. The van der Waals surface area contributed by atoms with E-state index in [-0.39, 0.29) is 12.5 Å². The molecule has 0 saturated carbocycles. The van der Waals surface area contributed by atoms with Gasteiger partial charge in [-0.2, -0.15) is 0 Å². The van der Waals surface area contributed by atoms with Crippen LogP contribution < -0.4 is 20.7 Å². The molecule has 2 rings (SSSR count). The smallest absolute Gasteiger partial charge is 0.251 e. The van der Waals surface area contributed by atoms with Crippen LogP contribution in [-0.4, -0.2) is 50.3 Å². The van der Waals surface area contributed by atoms with Crippen molar-refractivity contribution < 1.29 is 19.1 Å². The van der Waals surface area contributed by atoms with Gasteiger partial charge in [-0.3, -0.25) is 4.79 Å². The summed E-state index contributed by atoms with van der Waals surface area (Å²) in [5.41, 5.74) is -0.643. The fourth-order valence-corrected chi connectivity index (χ4v) is 2.58. The van der Waals surface area contributed by atoms with Gasteiger partial charge in [0.25, 0.3) is 5.91 Å². The lowest BCUT2D eigenvalue weighted by molar-refractivity contribution is 0.0428. The normalized spacial score (nSPS) is 13.5. The second-order valence-corrected chi connectivity index (χ2v) is 6.79. The largest absolute Gasteiger partial charge is 0.497 e. The zero-order chi connectivity index (χ0) is 21.3. The molecule has 0 spiro atoms. The number of aliphatic hydroxyl groups is 1. The lowest BCUT2D eigenvalue weighted by Gasteiger charge is -2.19. The molecule has 4 N–H and O–H groups in total. The molecule has 0 aliphatic heterocycles. The summed E-state index contributed by atoms with van der Waals surface area (Å²) in [5, 5.41) is 19.7. The van der Waals surface area contributed by atoms with Gasteiger partial charge >= 0.3 is 0 Å². The number of furan rings is 1. The van der Waals surface area contributed by atoms with Crippen molar-refractivity contribution in [3.8, 4) is 5.75 Å². The van der Waals surface area contributed by atoms with E-state index in [1.165, 1.54) is 0 Å². The molecule has 1 atom stereocenters. The van der Waals surface area contributed by atoms with Crippen LogP contribution in [0.4, 0.5) is 0 Å². The summed E-state index contributed by atoms with van der Waals surface area (Å²) in [6.07, 6.45) is 0. The van der Waals surface area contributed by atoms with E-state index in [4.69, 9.17) is 9.15 Å². The number of nitrogens with one attached hydrogen (secondary N) is 3. The Balaban J connectivity index is 1.83. The molecular formula is C21H30N4O4. The van der Waals surface area contributed by atoms with Gasteiger partial charge in [-0.15, -0.1) is 0 Å². The van der Waals surface area contributed by atoms with E-state index in [9.17, 15) is 9.90 Å². The molecule has 1 aromatic heterocycles. The lowest BCUT2D eigenvalue weighted by atomic mass is 10.0. The molecule has 0 fully saturated rings. The molecule has 2 aromatic rings. The minimum absolute atomic E-state index is 0.132. The van der Waals surface area contributed by atoms with Crippen molar-refractivity contribution in [1.29, 1.82) is 0 Å². The van der Waals surface area contributed by atoms with Gasteiger partial charge in [-0.25, -0.2) is 4.99 Å². The third kappa shape index (κ3) is 6.83. The van der Waals surface area contributed by atoms with E-state index >= 15 is 0 Å². The number of carbonyl (C=O) groups is 1. The molecule has 1 aromatic carbocycles. The number of ether oxygens (including phenoxy) is 1. The second kappa shape index (κ2) is 10.5. The number of nitrogens with zero attached hydrogens (tertiary/aromatic N) is 1. The maximum atomic E-state index is 12.2. The van der Waals surface area contributed by atoms with Crippen LogP contribution in [0.1, 0.15) is 35.7 Å². The first kappa shape index (κ1) is 22.3. The Hall–Kier alpha value is -3.00. The summed E-state index contributed by atoms with van der Waals surface area (Å²) >= 11 is 0. The summed E-state index contributed by atoms with van der Waals surface area (Å²) in [4.78, 5) is 16.6. The lowest BCUT2D eigenvalue weighted by Crippen LogP contribution is -2.42. The summed E-state index contributed by atoms with van der Waals surface area (Å²) < 4.78 is 10.6. The highest BCUT2D eigenvalue weighted by Gasteiger charge is 2.26. The molecule has 0 saturated heterocycles. The zero-order valence-corrected chi connectivity index (χ0v) is 17.4. The Morgan fingerprint density at radius 2 is 1.83 bits per heavy atom. The molecule has 0 aliphatic rings. The van der Waals surface area contributed by atoms with Gasteiger partial charge in [0.1, 0.15) is 22.9 Å². The number of benzene rings is 1. The Labute approximate surface area is 171 Å². The molecule has 1 unspecified atom stereocenters. The van der Waals surface area contributed by atoms with Gasteiger partial charge in [-0.1, -0.05) is 0 Å². The number of guanidine groups is 1. The predicted octanol–water partition coefficient (Wildman–Crippen LogP) is 1.79. The van der Waals surface area contributed by atoms with Crippen LogP contribution in [0.2, 0.25) is 0 Å². The van der Waals surface area contributed by atoms with Gasteiger partial charge in [0.15, 0.2) is 5.96 Å². The number of hydrogen-bond acceptors (Lipinski definition) is 5. The topological polar surface area (TPSA) is 108 Å². The second-order valence-electron chi connectivity index (χ2n) is 6.79. The number of amides is 1. The quantitative estimate of drug-likeness (QED) is 0.289. The van der Waals surface area contributed by atoms with Crippen molar-refractivity contribution >= 4 is 11.9 Å². The molecule has 0 bridgehead atoms. The van der Waals surface area contributed by atoms with E-state index in [1.54, 1.807) is 44.4 Å². The highest BCUT2D eigenvalue weighted by molar-refractivity contribution is 5.94. The van der Waals surface area contributed by atoms with Crippen molar-refractivity contribution in [2.24, 2.45) is 4.99 Å². The minimum Gasteiger partial charge on any atom is -0.497 e. The molecule has 158 valence electrons. The maximum Gasteiger partial charge on any atom is 0.251 e. The van der Waals surface area contributed by atoms with Crippen LogP contribution in [0.25, 0.3) is 0 Å². The average molecular weight is 402 g/mol. The number of hydrogen-bond donors (Lipinski definition) is 4. The predicted molar refractivity (Wildman–Crippen MR) is 112 cm³/mol. The fraction of sp³-hybridized carbons (Fsp3) is 0.429. The standard InChI is InChI=1S/C21H30N4O4/c1-5-22-20(25-14-21(3,27)18-11-6-15(2)29-18)24-13-12-23-19(26)16-7-9-17(28-4)10-8-16/h6-11,27H,5,12-14H2,1-4H3,(H,23,26)(H2,22,24,25). The Morgan fingerprint density at radius 3 is 2.41 bits per heavy atom. The van der Waals surface area contributed by atoms with E-state index in [2.05, 4.69) is 20.9 Å². The first-order chi connectivity index (χ1) is 13.9. The van der Waals surface area contributed by atoms with Gasteiger partial charge in [0.2, 0.25) is 0 Å². The molecular weight excluding hydrogens is 372 g/mol. The monoisotopic (exact) mass is 402 g/mol. The Kier molecular flexibility index (Phi) is 8.09. The first-order valence-corrected chi connectivity index (χ1v) is 9.59. The summed E-state index contributed by atoms with van der Waals surface area (Å²) in [6, 6.07) is 10.5. The van der Waals surface area contributed by atoms with E-state index in [0.717, 1.165) is 5.76 Å². The van der Waals surface area contributed by atoms with Gasteiger partial charge < -0.3 is 30.2 Å². The number of rotatable bonds is 9. The fourth-order valence-electron chi connectivity index (χ4n) is 2.58. The summed E-state index contributed by atoms with van der Waals surface area (Å²) in [7, 11) is 1.58. The Bertz CT molecular complexity index is 812. The third-order valence-corrected chi connectivity index (χ3v) is 4.22. The molecule has 1 amide bonds. The summed E-state index contributed by atoms with van der Waals surface area (Å²) in [5.74, 6) is 2.31. The van der Waals surface area contributed by atoms with Crippen LogP contribution in [0.5, 0.6) is 5.75 Å². The van der Waals surface area contributed by atoms with Gasteiger partial charge in [0, 0.05) is 25.2 Å². The molecule has 8 nitrogen and oxygen atoms in total. The number of aliphatic imine (C=N–C) groups is 1. The summed E-state index contributed by atoms with van der Waals surface area (Å²) in [6.45, 7) is 7.15.